The molecule has 0 unspecified atom stereocenters. The maximum atomic E-state index is 15.2. The third-order valence-electron chi connectivity index (χ3n) is 11.9. The highest BCUT2D eigenvalue weighted by molar-refractivity contribution is 6.12. The second-order valence-corrected chi connectivity index (χ2v) is 20.2. The average Bonchev–Trinajstić information content (AvgIpc) is 3.63. The number of halogens is 2. The van der Waals surface area contributed by atoms with E-state index in [1.54, 1.807) is 0 Å². The lowest BCUT2D eigenvalue weighted by molar-refractivity contribution is 0.584. The number of nitriles is 1. The molecule has 0 saturated carbocycles. The third-order valence-corrected chi connectivity index (χ3v) is 11.9. The van der Waals surface area contributed by atoms with Crippen LogP contribution < -0.4 is 0 Å². The van der Waals surface area contributed by atoms with Crippen molar-refractivity contribution in [2.24, 2.45) is 0 Å². The molecule has 2 heterocycles. The van der Waals surface area contributed by atoms with Crippen molar-refractivity contribution >= 4 is 43.6 Å². The average molecular weight is 770 g/mol. The molecule has 0 radical (unpaired) electrons. The van der Waals surface area contributed by atoms with E-state index in [4.69, 9.17) is 0 Å². The molecule has 0 aliphatic rings. The van der Waals surface area contributed by atoms with Crippen molar-refractivity contribution in [2.75, 3.05) is 0 Å². The van der Waals surface area contributed by atoms with Gasteiger partial charge >= 0.3 is 0 Å². The van der Waals surface area contributed by atoms with Gasteiger partial charge in [-0.3, -0.25) is 0 Å². The van der Waals surface area contributed by atoms with Gasteiger partial charge in [-0.15, -0.1) is 0 Å². The Labute approximate surface area is 341 Å². The predicted octanol–water partition coefficient (Wildman–Crippen LogP) is 14.9. The Hall–Kier alpha value is -5.73. The van der Waals surface area contributed by atoms with E-state index in [-0.39, 0.29) is 21.7 Å². The second kappa shape index (κ2) is 13.1. The molecule has 58 heavy (non-hydrogen) atoms. The Bertz CT molecular complexity index is 2850. The zero-order valence-electron chi connectivity index (χ0n) is 35.9. The summed E-state index contributed by atoms with van der Waals surface area (Å²) in [7, 11) is 0. The maximum Gasteiger partial charge on any atom is 0.126 e. The van der Waals surface area contributed by atoms with Gasteiger partial charge in [0.25, 0.3) is 0 Å². The van der Waals surface area contributed by atoms with E-state index >= 15 is 8.78 Å². The summed E-state index contributed by atoms with van der Waals surface area (Å²) < 4.78 is 34.9. The molecule has 2 aromatic heterocycles. The summed E-state index contributed by atoms with van der Waals surface area (Å²) in [5.41, 5.74) is 10.5. The van der Waals surface area contributed by atoms with Gasteiger partial charge in [-0.05, 0) is 91.9 Å². The largest absolute Gasteiger partial charge is 0.308 e. The van der Waals surface area contributed by atoms with Gasteiger partial charge in [-0.25, -0.2) is 8.78 Å². The lowest BCUT2D eigenvalue weighted by atomic mass is 9.86. The van der Waals surface area contributed by atoms with Gasteiger partial charge < -0.3 is 9.13 Å². The minimum Gasteiger partial charge on any atom is -0.308 e. The highest BCUT2D eigenvalue weighted by Crippen LogP contribution is 2.44. The summed E-state index contributed by atoms with van der Waals surface area (Å²) in [6.07, 6.45) is 0. The molecular formula is C53H53F2N3. The summed E-state index contributed by atoms with van der Waals surface area (Å²) in [6.45, 7) is 26.5. The summed E-state index contributed by atoms with van der Waals surface area (Å²) in [4.78, 5) is 0. The van der Waals surface area contributed by atoms with Crippen molar-refractivity contribution in [1.29, 1.82) is 5.26 Å². The van der Waals surface area contributed by atoms with Crippen molar-refractivity contribution in [1.82, 2.24) is 9.13 Å². The van der Waals surface area contributed by atoms with Crippen molar-refractivity contribution < 1.29 is 8.78 Å². The Morgan fingerprint density at radius 2 is 0.776 bits per heavy atom. The van der Waals surface area contributed by atoms with E-state index in [1.807, 2.05) is 12.1 Å². The number of aromatic nitrogens is 2. The summed E-state index contributed by atoms with van der Waals surface area (Å²) in [5, 5.41) is 15.9. The van der Waals surface area contributed by atoms with Gasteiger partial charge in [0.2, 0.25) is 0 Å². The number of hydrogen-bond donors (Lipinski definition) is 0. The van der Waals surface area contributed by atoms with Gasteiger partial charge in [0.05, 0.1) is 33.4 Å². The molecule has 8 rings (SSSR count). The van der Waals surface area contributed by atoms with Crippen LogP contribution in [0.4, 0.5) is 8.78 Å². The van der Waals surface area contributed by atoms with Crippen LogP contribution >= 0.6 is 0 Å². The van der Waals surface area contributed by atoms with Crippen LogP contribution in [0.15, 0.2) is 103 Å². The number of nitrogens with zero attached hydrogens (tertiary/aromatic N) is 3. The van der Waals surface area contributed by atoms with E-state index in [0.717, 1.165) is 60.8 Å². The molecule has 0 N–H and O–H groups in total. The Morgan fingerprint density at radius 3 is 1.10 bits per heavy atom. The van der Waals surface area contributed by atoms with Crippen LogP contribution in [-0.4, -0.2) is 9.13 Å². The minimum absolute atomic E-state index is 0.126. The first-order chi connectivity index (χ1) is 27.1. The monoisotopic (exact) mass is 769 g/mol. The molecule has 0 bridgehead atoms. The van der Waals surface area contributed by atoms with E-state index in [9.17, 15) is 5.26 Å². The van der Waals surface area contributed by atoms with E-state index < -0.39 is 11.6 Å². The van der Waals surface area contributed by atoms with Gasteiger partial charge in [-0.2, -0.15) is 5.26 Å². The van der Waals surface area contributed by atoms with Crippen LogP contribution in [0.1, 0.15) is 111 Å². The molecule has 0 amide bonds. The first-order valence-corrected chi connectivity index (χ1v) is 20.3. The molecule has 0 saturated heterocycles. The van der Waals surface area contributed by atoms with Gasteiger partial charge in [0.1, 0.15) is 23.3 Å². The van der Waals surface area contributed by atoms with Crippen LogP contribution in [0.25, 0.3) is 66.1 Å². The van der Waals surface area contributed by atoms with E-state index in [0.29, 0.717) is 28.1 Å². The smallest absolute Gasteiger partial charge is 0.126 e. The highest BCUT2D eigenvalue weighted by atomic mass is 19.1. The van der Waals surface area contributed by atoms with Crippen LogP contribution in [0.3, 0.4) is 0 Å². The molecule has 3 nitrogen and oxygen atoms in total. The number of rotatable bonds is 3. The van der Waals surface area contributed by atoms with Crippen LogP contribution in [0.5, 0.6) is 0 Å². The second-order valence-electron chi connectivity index (χ2n) is 20.2. The van der Waals surface area contributed by atoms with Crippen molar-refractivity contribution in [3.05, 3.63) is 143 Å². The molecule has 294 valence electrons. The highest BCUT2D eigenvalue weighted by Gasteiger charge is 2.28. The minimum atomic E-state index is -0.678. The molecule has 0 fully saturated rings. The fraction of sp³-hybridized carbons (Fsp3) is 0.302. The van der Waals surface area contributed by atoms with E-state index in [1.165, 1.54) is 23.3 Å². The van der Waals surface area contributed by atoms with Gasteiger partial charge in [-0.1, -0.05) is 138 Å². The molecular weight excluding hydrogens is 717 g/mol. The Kier molecular flexibility index (Phi) is 8.87. The number of hydrogen-bond acceptors (Lipinski definition) is 1. The summed E-state index contributed by atoms with van der Waals surface area (Å²) >= 11 is 0. The first-order valence-electron chi connectivity index (χ1n) is 20.3. The third kappa shape index (κ3) is 6.48. The Balaban J connectivity index is 1.62. The normalized spacial score (nSPS) is 13.0. The van der Waals surface area contributed by atoms with Crippen molar-refractivity contribution in [3.8, 4) is 28.6 Å². The van der Waals surface area contributed by atoms with Crippen molar-refractivity contribution in [2.45, 2.75) is 105 Å². The summed E-state index contributed by atoms with van der Waals surface area (Å²) in [5.74, 6) is -1.36. The van der Waals surface area contributed by atoms with Gasteiger partial charge in [0.15, 0.2) is 0 Å². The number of benzene rings is 6. The number of fused-ring (bicyclic) bond motifs is 6. The fourth-order valence-electron chi connectivity index (χ4n) is 8.46. The van der Waals surface area contributed by atoms with Crippen LogP contribution in [0, 0.1) is 23.0 Å². The first kappa shape index (κ1) is 39.1. The predicted molar refractivity (Wildman–Crippen MR) is 240 cm³/mol. The topological polar surface area (TPSA) is 33.6 Å². The molecule has 0 aliphatic heterocycles. The summed E-state index contributed by atoms with van der Waals surface area (Å²) in [6, 6.07) is 36.7. The Morgan fingerprint density at radius 1 is 0.431 bits per heavy atom. The molecule has 8 aromatic rings. The zero-order chi connectivity index (χ0) is 41.9. The molecule has 0 atom stereocenters. The van der Waals surface area contributed by atoms with Crippen LogP contribution in [-0.2, 0) is 21.7 Å². The lowest BCUT2D eigenvalue weighted by Crippen LogP contribution is -2.12. The quantitative estimate of drug-likeness (QED) is 0.176. The van der Waals surface area contributed by atoms with Crippen molar-refractivity contribution in [3.63, 3.8) is 0 Å². The molecule has 0 spiro atoms. The maximum absolute atomic E-state index is 15.2. The molecule has 6 aromatic carbocycles. The SMILES string of the molecule is CC(C)(C)c1ccc2c3ccc(C(C)(C)C)cc3n(-c3ccc(-c4cc(F)cc(F)c4)c(-n4c5cc(C(C)(C)C)ccc5c5ccc(C(C)(C)C)cc54)c3C#N)c2c1. The zero-order valence-corrected chi connectivity index (χ0v) is 35.9. The van der Waals surface area contributed by atoms with E-state index in [2.05, 4.69) is 171 Å². The standard InChI is InChI=1S/C53H53F2N3/c1-50(2,3)32-13-17-39-40-18-14-33(51(4,5)6)26-46(40)57(45(39)25-32)44-22-21-38(31-23-36(54)29-37(55)24-31)49(43(44)30-56)58-47-27-34(52(7,8)9)15-19-41(47)42-20-16-35(28-48(42)58)53(10,11)12/h13-29H,1-12H3. The lowest BCUT2D eigenvalue weighted by Gasteiger charge is -2.23. The van der Waals surface area contributed by atoms with Gasteiger partial charge in [0, 0.05) is 33.2 Å². The molecule has 5 heteroatoms. The fourth-order valence-corrected chi connectivity index (χ4v) is 8.46. The molecule has 0 aliphatic carbocycles. The van der Waals surface area contributed by atoms with Crippen LogP contribution in [0.2, 0.25) is 0 Å².